The molecule has 0 atom stereocenters. The van der Waals surface area contributed by atoms with Gasteiger partial charge in [-0.15, -0.1) is 6.04 Å². The van der Waals surface area contributed by atoms with Gasteiger partial charge in [0.15, 0.2) is 0 Å². The van der Waals surface area contributed by atoms with Gasteiger partial charge >= 0.3 is 0 Å². The third kappa shape index (κ3) is 1.85. The number of hydrogen-bond donors (Lipinski definition) is 1. The first-order valence-corrected chi connectivity index (χ1v) is 2.23. The van der Waals surface area contributed by atoms with E-state index in [1.807, 2.05) is 7.05 Å². The van der Waals surface area contributed by atoms with E-state index < -0.39 is 0 Å². The third-order valence-electron chi connectivity index (χ3n) is 1.13. The first-order chi connectivity index (χ1) is 2.93. The Kier molecular flexibility index (Phi) is 3.81. The first kappa shape index (κ1) is 7.54. The van der Waals surface area contributed by atoms with Crippen LogP contribution in [0.1, 0.15) is 0 Å². The zero-order chi connectivity index (χ0) is 4.41. The van der Waals surface area contributed by atoms with E-state index in [0.29, 0.717) is 6.04 Å². The maximum atomic E-state index is 4.03. The summed E-state index contributed by atoms with van der Waals surface area (Å²) in [5.41, 5.74) is 0. The Bertz CT molecular complexity index is 42.2. The normalized spacial score (nSPS) is 20.1. The molecule has 1 aliphatic heterocycles. The van der Waals surface area contributed by atoms with Crippen LogP contribution >= 0.6 is 0 Å². The SMILES string of the molecule is C[N-]C1CNC1.[Rh]. The molecule has 0 aromatic heterocycles. The summed E-state index contributed by atoms with van der Waals surface area (Å²) in [5, 5.41) is 7.15. The van der Waals surface area contributed by atoms with Crippen LogP contribution in [0.3, 0.4) is 0 Å². The van der Waals surface area contributed by atoms with E-state index >= 15 is 0 Å². The Morgan fingerprint density at radius 2 is 2.14 bits per heavy atom. The molecule has 0 saturated carbocycles. The molecule has 0 bridgehead atoms. The summed E-state index contributed by atoms with van der Waals surface area (Å²) in [6, 6.07) is 0.630. The fourth-order valence-corrected chi connectivity index (χ4v) is 0.456. The van der Waals surface area contributed by atoms with Gasteiger partial charge in [0.1, 0.15) is 0 Å². The summed E-state index contributed by atoms with van der Waals surface area (Å²) >= 11 is 0. The van der Waals surface area contributed by atoms with Crippen molar-refractivity contribution in [2.24, 2.45) is 0 Å². The number of hydrogen-bond acceptors (Lipinski definition) is 1. The maximum Gasteiger partial charge on any atom is 0 e. The van der Waals surface area contributed by atoms with Gasteiger partial charge in [-0.1, -0.05) is 0 Å². The van der Waals surface area contributed by atoms with Crippen LogP contribution in [-0.4, -0.2) is 26.2 Å². The molecule has 1 aliphatic rings. The zero-order valence-electron chi connectivity index (χ0n) is 4.27. The van der Waals surface area contributed by atoms with Crippen molar-refractivity contribution in [1.29, 1.82) is 0 Å². The van der Waals surface area contributed by atoms with Gasteiger partial charge in [0.05, 0.1) is 0 Å². The molecule has 0 aliphatic carbocycles. The Balaban J connectivity index is 0.000000360. The average Bonchev–Trinajstić information content (AvgIpc) is 1.31. The molecular formula is C4H9N2Rh-. The fraction of sp³-hybridized carbons (Fsp3) is 1.00. The van der Waals surface area contributed by atoms with Gasteiger partial charge in [-0.3, -0.25) is 0 Å². The second-order valence-electron chi connectivity index (χ2n) is 1.57. The van der Waals surface area contributed by atoms with E-state index in [-0.39, 0.29) is 19.5 Å². The standard InChI is InChI=1S/C4H9N2.Rh/c1-5-4-2-6-3-4;/h4,6H,2-3H2,1H3;/q-1;. The molecular weight excluding hydrogens is 179 g/mol. The molecule has 0 amide bonds. The van der Waals surface area contributed by atoms with E-state index in [4.69, 9.17) is 0 Å². The van der Waals surface area contributed by atoms with E-state index in [9.17, 15) is 0 Å². The molecule has 1 rings (SSSR count). The molecule has 7 heavy (non-hydrogen) atoms. The van der Waals surface area contributed by atoms with Gasteiger partial charge in [-0.05, 0) is 13.1 Å². The summed E-state index contributed by atoms with van der Waals surface area (Å²) in [6.45, 7) is 2.19. The van der Waals surface area contributed by atoms with Crippen LogP contribution < -0.4 is 5.32 Å². The maximum absolute atomic E-state index is 4.03. The van der Waals surface area contributed by atoms with Gasteiger partial charge in [0, 0.05) is 19.5 Å². The number of nitrogens with one attached hydrogen (secondary N) is 1. The third-order valence-corrected chi connectivity index (χ3v) is 1.13. The monoisotopic (exact) mass is 188 g/mol. The minimum absolute atomic E-state index is 0. The number of nitrogens with zero attached hydrogens (tertiary/aromatic N) is 1. The summed E-state index contributed by atoms with van der Waals surface area (Å²) in [6.07, 6.45) is 0. The molecule has 1 heterocycles. The topological polar surface area (TPSA) is 26.1 Å². The Morgan fingerprint density at radius 1 is 1.57 bits per heavy atom. The molecule has 3 heteroatoms. The van der Waals surface area contributed by atoms with E-state index in [0.717, 1.165) is 13.1 Å². The summed E-state index contributed by atoms with van der Waals surface area (Å²) in [5.74, 6) is 0. The average molecular weight is 188 g/mol. The molecule has 2 nitrogen and oxygen atoms in total. The fourth-order valence-electron chi connectivity index (χ4n) is 0.456. The largest absolute Gasteiger partial charge is 0.660 e. The van der Waals surface area contributed by atoms with Crippen LogP contribution in [0, 0.1) is 0 Å². The summed E-state index contributed by atoms with van der Waals surface area (Å²) < 4.78 is 0. The predicted octanol–water partition coefficient (Wildman–Crippen LogP) is -0.0408. The van der Waals surface area contributed by atoms with Crippen molar-refractivity contribution in [3.05, 3.63) is 5.32 Å². The van der Waals surface area contributed by atoms with Crippen molar-refractivity contribution < 1.29 is 19.5 Å². The summed E-state index contributed by atoms with van der Waals surface area (Å²) in [7, 11) is 1.87. The van der Waals surface area contributed by atoms with Crippen LogP contribution in [0.2, 0.25) is 0 Å². The molecule has 45 valence electrons. The van der Waals surface area contributed by atoms with E-state index in [1.165, 1.54) is 0 Å². The smallest absolute Gasteiger partial charge is 0 e. The van der Waals surface area contributed by atoms with Gasteiger partial charge in [-0.25, -0.2) is 0 Å². The minimum atomic E-state index is 0. The van der Waals surface area contributed by atoms with E-state index in [1.54, 1.807) is 0 Å². The second-order valence-corrected chi connectivity index (χ2v) is 1.57. The second kappa shape index (κ2) is 3.53. The van der Waals surface area contributed by atoms with E-state index in [2.05, 4.69) is 10.6 Å². The van der Waals surface area contributed by atoms with Gasteiger partial charge in [-0.2, -0.15) is 7.05 Å². The molecule has 1 fully saturated rings. The Hall–Kier alpha value is 0.543. The molecule has 0 aromatic carbocycles. The van der Waals surface area contributed by atoms with Crippen LogP contribution in [0.25, 0.3) is 5.32 Å². The van der Waals surface area contributed by atoms with Crippen LogP contribution in [-0.2, 0) is 19.5 Å². The van der Waals surface area contributed by atoms with Gasteiger partial charge in [0.2, 0.25) is 0 Å². The molecule has 1 N–H and O–H groups in total. The first-order valence-electron chi connectivity index (χ1n) is 2.23. The Morgan fingerprint density at radius 3 is 2.14 bits per heavy atom. The summed E-state index contributed by atoms with van der Waals surface area (Å²) in [4.78, 5) is 0. The number of rotatable bonds is 1. The van der Waals surface area contributed by atoms with Crippen molar-refractivity contribution in [2.45, 2.75) is 6.04 Å². The van der Waals surface area contributed by atoms with Crippen molar-refractivity contribution in [3.63, 3.8) is 0 Å². The van der Waals surface area contributed by atoms with Crippen LogP contribution in [0.15, 0.2) is 0 Å². The minimum Gasteiger partial charge on any atom is -0.660 e. The quantitative estimate of drug-likeness (QED) is 0.574. The van der Waals surface area contributed by atoms with Crippen LogP contribution in [0.4, 0.5) is 0 Å². The van der Waals surface area contributed by atoms with Crippen molar-refractivity contribution >= 4 is 0 Å². The van der Waals surface area contributed by atoms with Crippen LogP contribution in [0.5, 0.6) is 0 Å². The molecule has 0 spiro atoms. The molecule has 1 radical (unpaired) electrons. The molecule has 1 saturated heterocycles. The van der Waals surface area contributed by atoms with Gasteiger partial charge in [0.25, 0.3) is 0 Å². The van der Waals surface area contributed by atoms with Gasteiger partial charge < -0.3 is 10.6 Å². The molecule has 0 aromatic rings. The predicted molar refractivity (Wildman–Crippen MR) is 25.9 cm³/mol. The van der Waals surface area contributed by atoms with Crippen molar-refractivity contribution in [1.82, 2.24) is 5.32 Å². The zero-order valence-corrected chi connectivity index (χ0v) is 5.91. The number of likely N-dealkylation sites (N-methyl/N-ethyl adjacent to an activating group) is 1. The Labute approximate surface area is 56.8 Å². The molecule has 0 unspecified atom stereocenters. The van der Waals surface area contributed by atoms with Crippen molar-refractivity contribution in [3.8, 4) is 0 Å². The van der Waals surface area contributed by atoms with Crippen molar-refractivity contribution in [2.75, 3.05) is 20.1 Å².